The van der Waals surface area contributed by atoms with Crippen LogP contribution in [0.3, 0.4) is 0 Å². The summed E-state index contributed by atoms with van der Waals surface area (Å²) in [7, 11) is 0. The van der Waals surface area contributed by atoms with E-state index in [9.17, 15) is 0 Å². The summed E-state index contributed by atoms with van der Waals surface area (Å²) in [5.74, 6) is 0.920. The Balaban J connectivity index is 1.90. The molecule has 0 amide bonds. The first kappa shape index (κ1) is 12.7. The van der Waals surface area contributed by atoms with Crippen molar-refractivity contribution in [3.63, 3.8) is 0 Å². The van der Waals surface area contributed by atoms with Crippen LogP contribution in [0.4, 0.5) is 0 Å². The van der Waals surface area contributed by atoms with E-state index in [0.29, 0.717) is 0 Å². The zero-order chi connectivity index (χ0) is 13.9. The number of hydrogen-bond donors (Lipinski definition) is 0. The van der Waals surface area contributed by atoms with Gasteiger partial charge in [-0.2, -0.15) is 0 Å². The second-order valence-electron chi connectivity index (χ2n) is 5.15. The number of aromatic nitrogens is 2. The lowest BCUT2D eigenvalue weighted by molar-refractivity contribution is 0.243. The molecule has 1 aromatic carbocycles. The molecule has 0 aliphatic carbocycles. The fourth-order valence-corrected chi connectivity index (χ4v) is 2.33. The summed E-state index contributed by atoms with van der Waals surface area (Å²) in [6, 6.07) is 14.3. The molecular weight excluding hydrogens is 248 g/mol. The lowest BCUT2D eigenvalue weighted by Gasteiger charge is -2.10. The third kappa shape index (κ3) is 2.67. The molecule has 2 heterocycles. The molecule has 3 rings (SSSR count). The zero-order valence-corrected chi connectivity index (χ0v) is 11.8. The highest BCUT2D eigenvalue weighted by atomic mass is 16.5. The molecule has 0 fully saturated rings. The minimum atomic E-state index is 0.197. The molecule has 102 valence electrons. The molecule has 0 N–H and O–H groups in total. The maximum absolute atomic E-state index is 5.73. The van der Waals surface area contributed by atoms with Gasteiger partial charge in [0.05, 0.1) is 18.3 Å². The molecule has 0 bridgehead atoms. The maximum Gasteiger partial charge on any atom is 0.120 e. The van der Waals surface area contributed by atoms with Gasteiger partial charge in [-0.05, 0) is 50.2 Å². The molecule has 0 aliphatic heterocycles. The molecule has 20 heavy (non-hydrogen) atoms. The van der Waals surface area contributed by atoms with Crippen LogP contribution in [0, 0.1) is 0 Å². The van der Waals surface area contributed by atoms with Crippen molar-refractivity contribution in [2.75, 3.05) is 0 Å². The van der Waals surface area contributed by atoms with Crippen molar-refractivity contribution in [2.45, 2.75) is 26.5 Å². The molecule has 2 aromatic heterocycles. The SMILES string of the molecule is CC(C)Oc1ccc2c(ccn2Cc2ccccn2)c1. The largest absolute Gasteiger partial charge is 0.491 e. The van der Waals surface area contributed by atoms with Crippen LogP contribution in [-0.4, -0.2) is 15.7 Å². The normalized spacial score (nSPS) is 11.2. The van der Waals surface area contributed by atoms with Gasteiger partial charge in [0, 0.05) is 23.3 Å². The predicted molar refractivity (Wildman–Crippen MR) is 81.0 cm³/mol. The number of fused-ring (bicyclic) bond motifs is 1. The van der Waals surface area contributed by atoms with E-state index in [2.05, 4.69) is 33.9 Å². The van der Waals surface area contributed by atoms with Gasteiger partial charge < -0.3 is 9.30 Å². The first-order valence-electron chi connectivity index (χ1n) is 6.88. The van der Waals surface area contributed by atoms with Crippen LogP contribution in [0.15, 0.2) is 54.9 Å². The van der Waals surface area contributed by atoms with E-state index in [1.54, 1.807) is 0 Å². The highest BCUT2D eigenvalue weighted by Gasteiger charge is 2.05. The number of nitrogens with zero attached hydrogens (tertiary/aromatic N) is 2. The summed E-state index contributed by atoms with van der Waals surface area (Å²) in [4.78, 5) is 4.37. The van der Waals surface area contributed by atoms with Gasteiger partial charge in [-0.25, -0.2) is 0 Å². The van der Waals surface area contributed by atoms with E-state index in [-0.39, 0.29) is 6.10 Å². The average Bonchev–Trinajstić information content (AvgIpc) is 2.82. The van der Waals surface area contributed by atoms with Crippen molar-refractivity contribution in [1.29, 1.82) is 0 Å². The van der Waals surface area contributed by atoms with Crippen molar-refractivity contribution in [2.24, 2.45) is 0 Å². The molecule has 0 aliphatic rings. The van der Waals surface area contributed by atoms with E-state index in [0.717, 1.165) is 18.0 Å². The molecule has 0 atom stereocenters. The van der Waals surface area contributed by atoms with Crippen molar-refractivity contribution < 1.29 is 4.74 Å². The third-order valence-corrected chi connectivity index (χ3v) is 3.17. The van der Waals surface area contributed by atoms with E-state index in [1.165, 1.54) is 10.9 Å². The van der Waals surface area contributed by atoms with Gasteiger partial charge in [-0.1, -0.05) is 6.07 Å². The minimum absolute atomic E-state index is 0.197. The highest BCUT2D eigenvalue weighted by molar-refractivity contribution is 5.81. The Hall–Kier alpha value is -2.29. The van der Waals surface area contributed by atoms with Gasteiger partial charge in [0.25, 0.3) is 0 Å². The smallest absolute Gasteiger partial charge is 0.120 e. The second-order valence-corrected chi connectivity index (χ2v) is 5.15. The monoisotopic (exact) mass is 266 g/mol. The van der Waals surface area contributed by atoms with Crippen LogP contribution in [0.25, 0.3) is 10.9 Å². The Morgan fingerprint density at radius 2 is 2.05 bits per heavy atom. The van der Waals surface area contributed by atoms with Crippen LogP contribution in [0.5, 0.6) is 5.75 Å². The summed E-state index contributed by atoms with van der Waals surface area (Å²) < 4.78 is 7.93. The van der Waals surface area contributed by atoms with Gasteiger partial charge in [-0.3, -0.25) is 4.98 Å². The summed E-state index contributed by atoms with van der Waals surface area (Å²) in [6.45, 7) is 4.86. The summed E-state index contributed by atoms with van der Waals surface area (Å²) in [5.41, 5.74) is 2.26. The zero-order valence-electron chi connectivity index (χ0n) is 11.8. The van der Waals surface area contributed by atoms with Crippen LogP contribution < -0.4 is 4.74 Å². The number of ether oxygens (including phenoxy) is 1. The van der Waals surface area contributed by atoms with E-state index >= 15 is 0 Å². The summed E-state index contributed by atoms with van der Waals surface area (Å²) in [6.07, 6.45) is 4.12. The Bertz CT molecular complexity index is 701. The standard InChI is InChI=1S/C17H18N2O/c1-13(2)20-16-6-7-17-14(11-16)8-10-19(17)12-15-5-3-4-9-18-15/h3-11,13H,12H2,1-2H3. The van der Waals surface area contributed by atoms with Crippen molar-refractivity contribution >= 4 is 10.9 Å². The Kier molecular flexibility index (Phi) is 3.42. The van der Waals surface area contributed by atoms with Crippen molar-refractivity contribution in [3.05, 3.63) is 60.6 Å². The Labute approximate surface area is 118 Å². The lowest BCUT2D eigenvalue weighted by atomic mass is 10.2. The fraction of sp³-hybridized carbons (Fsp3) is 0.235. The average molecular weight is 266 g/mol. The van der Waals surface area contributed by atoms with Gasteiger partial charge in [0.1, 0.15) is 5.75 Å². The Morgan fingerprint density at radius 3 is 2.80 bits per heavy atom. The topological polar surface area (TPSA) is 27.1 Å². The number of hydrogen-bond acceptors (Lipinski definition) is 2. The van der Waals surface area contributed by atoms with Gasteiger partial charge in [0.15, 0.2) is 0 Å². The van der Waals surface area contributed by atoms with Crippen LogP contribution >= 0.6 is 0 Å². The summed E-state index contributed by atoms with van der Waals surface area (Å²) in [5, 5.41) is 1.19. The maximum atomic E-state index is 5.73. The molecule has 0 spiro atoms. The van der Waals surface area contributed by atoms with E-state index in [1.807, 2.05) is 44.3 Å². The molecule has 0 unspecified atom stereocenters. The Morgan fingerprint density at radius 1 is 1.15 bits per heavy atom. The van der Waals surface area contributed by atoms with Gasteiger partial charge in [-0.15, -0.1) is 0 Å². The highest BCUT2D eigenvalue weighted by Crippen LogP contribution is 2.23. The number of benzene rings is 1. The molecule has 0 saturated carbocycles. The van der Waals surface area contributed by atoms with Crippen LogP contribution in [0.1, 0.15) is 19.5 Å². The second kappa shape index (κ2) is 5.37. The third-order valence-electron chi connectivity index (χ3n) is 3.17. The lowest BCUT2D eigenvalue weighted by Crippen LogP contribution is -2.05. The van der Waals surface area contributed by atoms with Crippen LogP contribution in [0.2, 0.25) is 0 Å². The molecule has 0 saturated heterocycles. The van der Waals surface area contributed by atoms with E-state index < -0.39 is 0 Å². The number of rotatable bonds is 4. The van der Waals surface area contributed by atoms with Gasteiger partial charge >= 0.3 is 0 Å². The predicted octanol–water partition coefficient (Wildman–Crippen LogP) is 3.87. The fourth-order valence-electron chi connectivity index (χ4n) is 2.33. The first-order chi connectivity index (χ1) is 9.72. The van der Waals surface area contributed by atoms with Crippen molar-refractivity contribution in [1.82, 2.24) is 9.55 Å². The first-order valence-corrected chi connectivity index (χ1v) is 6.88. The summed E-state index contributed by atoms with van der Waals surface area (Å²) >= 11 is 0. The molecule has 3 nitrogen and oxygen atoms in total. The molecule has 3 aromatic rings. The van der Waals surface area contributed by atoms with Gasteiger partial charge in [0.2, 0.25) is 0 Å². The minimum Gasteiger partial charge on any atom is -0.491 e. The number of pyridine rings is 1. The molecule has 3 heteroatoms. The van der Waals surface area contributed by atoms with Crippen molar-refractivity contribution in [3.8, 4) is 5.75 Å². The molecule has 0 radical (unpaired) electrons. The van der Waals surface area contributed by atoms with E-state index in [4.69, 9.17) is 4.74 Å². The van der Waals surface area contributed by atoms with Crippen LogP contribution in [-0.2, 0) is 6.54 Å². The quantitative estimate of drug-likeness (QED) is 0.716. The molecular formula is C17H18N2O.